The maximum Gasteiger partial charge on any atom is 0.273 e. The van der Waals surface area contributed by atoms with Gasteiger partial charge >= 0.3 is 0 Å². The van der Waals surface area contributed by atoms with E-state index in [-0.39, 0.29) is 24.2 Å². The molecule has 1 N–H and O–H groups in total. The highest BCUT2D eigenvalue weighted by Crippen LogP contribution is 2.25. The van der Waals surface area contributed by atoms with Crippen LogP contribution in [-0.2, 0) is 6.61 Å². The van der Waals surface area contributed by atoms with Gasteiger partial charge in [0.05, 0.1) is 0 Å². The number of fused-ring (bicyclic) bond motifs is 1. The summed E-state index contributed by atoms with van der Waals surface area (Å²) in [7, 11) is 0. The minimum absolute atomic E-state index is 0.0955. The van der Waals surface area contributed by atoms with E-state index in [1.807, 2.05) is 38.1 Å². The molecule has 0 spiro atoms. The van der Waals surface area contributed by atoms with E-state index < -0.39 is 0 Å². The lowest BCUT2D eigenvalue weighted by Crippen LogP contribution is -2.32. The van der Waals surface area contributed by atoms with Gasteiger partial charge in [0.2, 0.25) is 5.89 Å². The minimum atomic E-state index is -0.240. The Morgan fingerprint density at radius 3 is 3.08 bits per heavy atom. The summed E-state index contributed by atoms with van der Waals surface area (Å²) in [4.78, 5) is 20.3. The van der Waals surface area contributed by atoms with Crippen molar-refractivity contribution in [3.8, 4) is 5.75 Å². The molecule has 1 atom stereocenters. The van der Waals surface area contributed by atoms with Crippen LogP contribution in [0.4, 0.5) is 0 Å². The summed E-state index contributed by atoms with van der Waals surface area (Å²) in [5, 5.41) is 4.81. The second-order valence-corrected chi connectivity index (χ2v) is 5.55. The minimum Gasteiger partial charge on any atom is -0.483 e. The fraction of sp³-hybridized carbons (Fsp3) is 0.278. The number of hydrogen-bond donors (Lipinski definition) is 1. The molecule has 24 heavy (non-hydrogen) atoms. The highest BCUT2D eigenvalue weighted by Gasteiger charge is 2.14. The number of hydrogen-bond acceptors (Lipinski definition) is 5. The second-order valence-electron chi connectivity index (χ2n) is 5.55. The van der Waals surface area contributed by atoms with Gasteiger partial charge in [0.1, 0.15) is 12.0 Å². The zero-order valence-electron chi connectivity index (χ0n) is 13.7. The van der Waals surface area contributed by atoms with E-state index in [4.69, 9.17) is 9.15 Å². The Kier molecular flexibility index (Phi) is 4.74. The van der Waals surface area contributed by atoms with Crippen LogP contribution in [0.15, 0.2) is 47.3 Å². The first kappa shape index (κ1) is 16.0. The van der Waals surface area contributed by atoms with Gasteiger partial charge in [-0.15, -0.1) is 0 Å². The molecule has 0 saturated carbocycles. The van der Waals surface area contributed by atoms with Crippen molar-refractivity contribution in [3.63, 3.8) is 0 Å². The topological polar surface area (TPSA) is 77.2 Å². The van der Waals surface area contributed by atoms with Crippen LogP contribution in [-0.4, -0.2) is 21.9 Å². The highest BCUT2D eigenvalue weighted by atomic mass is 16.5. The number of nitrogens with zero attached hydrogens (tertiary/aromatic N) is 2. The van der Waals surface area contributed by atoms with E-state index in [1.165, 1.54) is 6.26 Å². The van der Waals surface area contributed by atoms with Crippen molar-refractivity contribution in [2.75, 3.05) is 0 Å². The number of amides is 1. The van der Waals surface area contributed by atoms with Gasteiger partial charge in [-0.2, -0.15) is 0 Å². The zero-order chi connectivity index (χ0) is 16.9. The van der Waals surface area contributed by atoms with Crippen LogP contribution in [0.2, 0.25) is 0 Å². The molecule has 0 radical (unpaired) electrons. The molecule has 0 aliphatic heterocycles. The maximum atomic E-state index is 12.0. The molecule has 0 aliphatic rings. The smallest absolute Gasteiger partial charge is 0.273 e. The normalized spacial score (nSPS) is 12.1. The number of nitrogens with one attached hydrogen (secondary N) is 1. The molecule has 1 amide bonds. The monoisotopic (exact) mass is 325 g/mol. The molecule has 0 saturated heterocycles. The first-order chi connectivity index (χ1) is 11.7. The first-order valence-corrected chi connectivity index (χ1v) is 7.88. The lowest BCUT2D eigenvalue weighted by molar-refractivity contribution is 0.0934. The summed E-state index contributed by atoms with van der Waals surface area (Å²) >= 11 is 0. The van der Waals surface area contributed by atoms with E-state index in [1.54, 1.807) is 12.4 Å². The third-order valence-electron chi connectivity index (χ3n) is 3.77. The van der Waals surface area contributed by atoms with Crippen molar-refractivity contribution >= 4 is 16.7 Å². The standard InChI is InChI=1S/C18H19N3O3/c1-3-12(2)20-18(22)15-10-24-17(21-15)11-23-16-6-4-5-13-9-19-8-7-14(13)16/h4-10,12H,3,11H2,1-2H3,(H,20,22). The summed E-state index contributed by atoms with van der Waals surface area (Å²) in [6.45, 7) is 4.10. The van der Waals surface area contributed by atoms with Gasteiger partial charge in [0.15, 0.2) is 12.3 Å². The molecule has 3 rings (SSSR count). The Bertz CT molecular complexity index is 839. The summed E-state index contributed by atoms with van der Waals surface area (Å²) < 4.78 is 11.1. The predicted octanol–water partition coefficient (Wildman–Crippen LogP) is 3.33. The Morgan fingerprint density at radius 1 is 1.38 bits per heavy atom. The largest absolute Gasteiger partial charge is 0.483 e. The van der Waals surface area contributed by atoms with E-state index in [9.17, 15) is 4.79 Å². The molecule has 1 aromatic carbocycles. The Balaban J connectivity index is 1.68. The van der Waals surface area contributed by atoms with Gasteiger partial charge in [0, 0.05) is 29.2 Å². The SMILES string of the molecule is CCC(C)NC(=O)c1coc(COc2cccc3cnccc23)n1. The van der Waals surface area contributed by atoms with Crippen LogP contribution < -0.4 is 10.1 Å². The number of pyridine rings is 1. The summed E-state index contributed by atoms with van der Waals surface area (Å²) in [5.41, 5.74) is 0.260. The number of carbonyl (C=O) groups excluding carboxylic acids is 1. The van der Waals surface area contributed by atoms with Crippen LogP contribution in [0, 0.1) is 0 Å². The van der Waals surface area contributed by atoms with Crippen LogP contribution in [0.3, 0.4) is 0 Å². The van der Waals surface area contributed by atoms with E-state index >= 15 is 0 Å². The number of rotatable bonds is 6. The average molecular weight is 325 g/mol. The fourth-order valence-electron chi connectivity index (χ4n) is 2.24. The summed E-state index contributed by atoms with van der Waals surface area (Å²) in [6, 6.07) is 7.74. The van der Waals surface area contributed by atoms with Crippen LogP contribution in [0.1, 0.15) is 36.6 Å². The molecule has 0 fully saturated rings. The summed E-state index contributed by atoms with van der Waals surface area (Å²) in [5.74, 6) is 0.838. The van der Waals surface area contributed by atoms with Crippen LogP contribution >= 0.6 is 0 Å². The third kappa shape index (κ3) is 3.53. The number of benzene rings is 1. The number of aromatic nitrogens is 2. The fourth-order valence-corrected chi connectivity index (χ4v) is 2.24. The molecule has 2 aromatic heterocycles. The molecular weight excluding hydrogens is 306 g/mol. The maximum absolute atomic E-state index is 12.0. The molecule has 0 bridgehead atoms. The van der Waals surface area contributed by atoms with Gasteiger partial charge in [-0.05, 0) is 25.5 Å². The predicted molar refractivity (Wildman–Crippen MR) is 89.8 cm³/mol. The molecule has 1 unspecified atom stereocenters. The van der Waals surface area contributed by atoms with Crippen molar-refractivity contribution in [2.24, 2.45) is 0 Å². The highest BCUT2D eigenvalue weighted by molar-refractivity contribution is 5.92. The average Bonchev–Trinajstić information content (AvgIpc) is 3.09. The summed E-state index contributed by atoms with van der Waals surface area (Å²) in [6.07, 6.45) is 5.71. The van der Waals surface area contributed by atoms with Crippen molar-refractivity contribution < 1.29 is 13.9 Å². The lowest BCUT2D eigenvalue weighted by atomic mass is 10.1. The van der Waals surface area contributed by atoms with E-state index in [0.29, 0.717) is 5.89 Å². The third-order valence-corrected chi connectivity index (χ3v) is 3.77. The molecule has 2 heterocycles. The van der Waals surface area contributed by atoms with Crippen LogP contribution in [0.25, 0.3) is 10.8 Å². The molecule has 6 heteroatoms. The van der Waals surface area contributed by atoms with Gasteiger partial charge in [0.25, 0.3) is 5.91 Å². The van der Waals surface area contributed by atoms with Crippen molar-refractivity contribution in [2.45, 2.75) is 32.9 Å². The lowest BCUT2D eigenvalue weighted by Gasteiger charge is -2.09. The van der Waals surface area contributed by atoms with Crippen molar-refractivity contribution in [1.29, 1.82) is 0 Å². The van der Waals surface area contributed by atoms with Gasteiger partial charge in [-0.1, -0.05) is 19.1 Å². The van der Waals surface area contributed by atoms with Gasteiger partial charge in [-0.3, -0.25) is 9.78 Å². The molecule has 124 valence electrons. The zero-order valence-corrected chi connectivity index (χ0v) is 13.7. The van der Waals surface area contributed by atoms with Crippen molar-refractivity contribution in [1.82, 2.24) is 15.3 Å². The Labute approximate surface area is 139 Å². The quantitative estimate of drug-likeness (QED) is 0.752. The Hall–Kier alpha value is -2.89. The number of ether oxygens (including phenoxy) is 1. The van der Waals surface area contributed by atoms with E-state index in [2.05, 4.69) is 15.3 Å². The molecular formula is C18H19N3O3. The van der Waals surface area contributed by atoms with E-state index in [0.717, 1.165) is 22.9 Å². The van der Waals surface area contributed by atoms with Crippen molar-refractivity contribution in [3.05, 3.63) is 54.5 Å². The molecule has 3 aromatic rings. The molecule has 6 nitrogen and oxygen atoms in total. The molecule has 0 aliphatic carbocycles. The van der Waals surface area contributed by atoms with Gasteiger partial charge in [-0.25, -0.2) is 4.98 Å². The van der Waals surface area contributed by atoms with Gasteiger partial charge < -0.3 is 14.5 Å². The first-order valence-electron chi connectivity index (χ1n) is 7.88. The number of carbonyl (C=O) groups is 1. The second kappa shape index (κ2) is 7.12. The Morgan fingerprint density at radius 2 is 2.25 bits per heavy atom. The number of oxazole rings is 1. The van der Waals surface area contributed by atoms with Crippen LogP contribution in [0.5, 0.6) is 5.75 Å².